The zero-order chi connectivity index (χ0) is 14.5. The number of carboxylic acid groups (broad SMARTS) is 1. The summed E-state index contributed by atoms with van der Waals surface area (Å²) in [6.07, 6.45) is 2.61. The van der Waals surface area contributed by atoms with E-state index in [1.807, 2.05) is 31.2 Å². The lowest BCUT2D eigenvalue weighted by Crippen LogP contribution is -2.20. The number of pyridine rings is 1. The van der Waals surface area contributed by atoms with Gasteiger partial charge in [-0.15, -0.1) is 0 Å². The van der Waals surface area contributed by atoms with Crippen LogP contribution in [0.4, 0.5) is 0 Å². The van der Waals surface area contributed by atoms with Crippen LogP contribution in [0.15, 0.2) is 42.6 Å². The molecule has 0 amide bonds. The first-order chi connectivity index (χ1) is 9.56. The summed E-state index contributed by atoms with van der Waals surface area (Å²) >= 11 is 5.83. The quantitative estimate of drug-likeness (QED) is 0.916. The number of aryl methyl sites for hydroxylation is 1. The molecule has 0 saturated carbocycles. The van der Waals surface area contributed by atoms with Gasteiger partial charge < -0.3 is 5.11 Å². The van der Waals surface area contributed by atoms with Crippen LogP contribution in [0.5, 0.6) is 0 Å². The topological polar surface area (TPSA) is 50.2 Å². The molecular formula is C16H16ClNO2. The summed E-state index contributed by atoms with van der Waals surface area (Å²) in [7, 11) is 0. The lowest BCUT2D eigenvalue weighted by atomic mass is 9.93. The van der Waals surface area contributed by atoms with Crippen molar-refractivity contribution in [2.45, 2.75) is 19.8 Å². The minimum atomic E-state index is -0.801. The molecule has 1 heterocycles. The Hall–Kier alpha value is -1.87. The van der Waals surface area contributed by atoms with E-state index in [9.17, 15) is 9.90 Å². The van der Waals surface area contributed by atoms with Crippen LogP contribution in [0.3, 0.4) is 0 Å². The van der Waals surface area contributed by atoms with Crippen LogP contribution in [0.2, 0.25) is 5.02 Å². The second-order valence-corrected chi connectivity index (χ2v) is 5.27. The Balaban J connectivity index is 2.14. The summed E-state index contributed by atoms with van der Waals surface area (Å²) in [6.45, 7) is 1.95. The van der Waals surface area contributed by atoms with Crippen molar-refractivity contribution in [3.05, 3.63) is 64.4 Å². The van der Waals surface area contributed by atoms with Gasteiger partial charge in [0, 0.05) is 23.3 Å². The van der Waals surface area contributed by atoms with Gasteiger partial charge in [-0.1, -0.05) is 29.8 Å². The predicted molar refractivity (Wildman–Crippen MR) is 79.0 cm³/mol. The number of benzene rings is 1. The largest absolute Gasteiger partial charge is 0.481 e. The molecule has 3 nitrogen and oxygen atoms in total. The second kappa shape index (κ2) is 6.53. The highest BCUT2D eigenvalue weighted by molar-refractivity contribution is 6.30. The number of hydrogen-bond donors (Lipinski definition) is 1. The second-order valence-electron chi connectivity index (χ2n) is 4.84. The first-order valence-corrected chi connectivity index (χ1v) is 6.82. The van der Waals surface area contributed by atoms with E-state index in [0.29, 0.717) is 17.9 Å². The van der Waals surface area contributed by atoms with Crippen molar-refractivity contribution in [3.8, 4) is 0 Å². The summed E-state index contributed by atoms with van der Waals surface area (Å²) in [6, 6.07) is 11.1. The normalized spacial score (nSPS) is 12.1. The fourth-order valence-electron chi connectivity index (χ4n) is 2.12. The van der Waals surface area contributed by atoms with Crippen LogP contribution >= 0.6 is 11.6 Å². The molecule has 0 aliphatic heterocycles. The first-order valence-electron chi connectivity index (χ1n) is 6.44. The number of halogens is 1. The Morgan fingerprint density at radius 2 is 1.95 bits per heavy atom. The fourth-order valence-corrected chi connectivity index (χ4v) is 2.24. The SMILES string of the molecule is Cc1cccnc1CC(Cc1ccc(Cl)cc1)C(=O)O. The third-order valence-corrected chi connectivity index (χ3v) is 3.55. The Morgan fingerprint density at radius 3 is 2.55 bits per heavy atom. The van der Waals surface area contributed by atoms with Gasteiger partial charge in [0.05, 0.1) is 5.92 Å². The van der Waals surface area contributed by atoms with Gasteiger partial charge in [0.1, 0.15) is 0 Å². The first kappa shape index (κ1) is 14.5. The van der Waals surface area contributed by atoms with E-state index in [1.165, 1.54) is 0 Å². The van der Waals surface area contributed by atoms with Crippen LogP contribution < -0.4 is 0 Å². The van der Waals surface area contributed by atoms with Gasteiger partial charge in [-0.3, -0.25) is 9.78 Å². The minimum absolute atomic E-state index is 0.435. The van der Waals surface area contributed by atoms with Crippen LogP contribution in [-0.4, -0.2) is 16.1 Å². The maximum Gasteiger partial charge on any atom is 0.307 e. The van der Waals surface area contributed by atoms with Gasteiger partial charge in [-0.2, -0.15) is 0 Å². The summed E-state index contributed by atoms with van der Waals surface area (Å²) < 4.78 is 0. The van der Waals surface area contributed by atoms with E-state index < -0.39 is 11.9 Å². The molecule has 4 heteroatoms. The van der Waals surface area contributed by atoms with Gasteiger partial charge in [0.2, 0.25) is 0 Å². The van der Waals surface area contributed by atoms with E-state index in [-0.39, 0.29) is 0 Å². The van der Waals surface area contributed by atoms with Crippen molar-refractivity contribution in [1.82, 2.24) is 4.98 Å². The molecule has 0 spiro atoms. The molecule has 104 valence electrons. The maximum absolute atomic E-state index is 11.4. The molecule has 0 saturated heterocycles. The van der Waals surface area contributed by atoms with Crippen LogP contribution in [-0.2, 0) is 17.6 Å². The zero-order valence-electron chi connectivity index (χ0n) is 11.2. The standard InChI is InChI=1S/C16H16ClNO2/c1-11-3-2-8-18-15(11)10-13(16(19)20)9-12-4-6-14(17)7-5-12/h2-8,13H,9-10H2,1H3,(H,19,20). The molecule has 0 fully saturated rings. The molecule has 1 N–H and O–H groups in total. The molecule has 1 aromatic heterocycles. The van der Waals surface area contributed by atoms with Crippen molar-refractivity contribution in [2.24, 2.45) is 5.92 Å². The molecule has 20 heavy (non-hydrogen) atoms. The van der Waals surface area contributed by atoms with E-state index >= 15 is 0 Å². The van der Waals surface area contributed by atoms with Gasteiger partial charge in [-0.25, -0.2) is 0 Å². The third kappa shape index (κ3) is 3.81. The van der Waals surface area contributed by atoms with Crippen molar-refractivity contribution >= 4 is 17.6 Å². The molecular weight excluding hydrogens is 274 g/mol. The molecule has 1 atom stereocenters. The summed E-state index contributed by atoms with van der Waals surface area (Å²) in [5.74, 6) is -1.28. The Bertz CT molecular complexity index is 596. The summed E-state index contributed by atoms with van der Waals surface area (Å²) in [5.41, 5.74) is 2.83. The van der Waals surface area contributed by atoms with Crippen molar-refractivity contribution in [3.63, 3.8) is 0 Å². The molecule has 1 unspecified atom stereocenters. The van der Waals surface area contributed by atoms with Crippen LogP contribution in [0, 0.1) is 12.8 Å². The molecule has 2 rings (SSSR count). The van der Waals surface area contributed by atoms with Gasteiger partial charge in [0.15, 0.2) is 0 Å². The van der Waals surface area contributed by atoms with Crippen molar-refractivity contribution in [1.29, 1.82) is 0 Å². The Morgan fingerprint density at radius 1 is 1.25 bits per heavy atom. The molecule has 0 aliphatic rings. The number of carbonyl (C=O) groups is 1. The van der Waals surface area contributed by atoms with Crippen LogP contribution in [0.1, 0.15) is 16.8 Å². The smallest absolute Gasteiger partial charge is 0.307 e. The minimum Gasteiger partial charge on any atom is -0.481 e. The van der Waals surface area contributed by atoms with E-state index in [1.54, 1.807) is 18.3 Å². The number of aliphatic carboxylic acids is 1. The highest BCUT2D eigenvalue weighted by Gasteiger charge is 2.20. The number of hydrogen-bond acceptors (Lipinski definition) is 2. The molecule has 1 aromatic carbocycles. The Labute approximate surface area is 123 Å². The lowest BCUT2D eigenvalue weighted by Gasteiger charge is -2.13. The predicted octanol–water partition coefficient (Wildman–Crippen LogP) is 3.53. The van der Waals surface area contributed by atoms with E-state index in [4.69, 9.17) is 11.6 Å². The fraction of sp³-hybridized carbons (Fsp3) is 0.250. The lowest BCUT2D eigenvalue weighted by molar-refractivity contribution is -0.141. The van der Waals surface area contributed by atoms with Crippen molar-refractivity contribution in [2.75, 3.05) is 0 Å². The number of nitrogens with zero attached hydrogens (tertiary/aromatic N) is 1. The molecule has 0 bridgehead atoms. The third-order valence-electron chi connectivity index (χ3n) is 3.30. The highest BCUT2D eigenvalue weighted by Crippen LogP contribution is 2.18. The molecule has 2 aromatic rings. The highest BCUT2D eigenvalue weighted by atomic mass is 35.5. The monoisotopic (exact) mass is 289 g/mol. The van der Waals surface area contributed by atoms with Crippen molar-refractivity contribution < 1.29 is 9.90 Å². The number of carboxylic acids is 1. The van der Waals surface area contributed by atoms with Gasteiger partial charge in [0.25, 0.3) is 0 Å². The maximum atomic E-state index is 11.4. The summed E-state index contributed by atoms with van der Waals surface area (Å²) in [4.78, 5) is 15.7. The average Bonchev–Trinajstić information content (AvgIpc) is 2.42. The van der Waals surface area contributed by atoms with Crippen LogP contribution in [0.25, 0.3) is 0 Å². The van der Waals surface area contributed by atoms with Gasteiger partial charge in [-0.05, 0) is 42.7 Å². The number of aromatic nitrogens is 1. The average molecular weight is 290 g/mol. The Kier molecular flexibility index (Phi) is 4.74. The van der Waals surface area contributed by atoms with E-state index in [2.05, 4.69) is 4.98 Å². The molecule has 0 aliphatic carbocycles. The van der Waals surface area contributed by atoms with Gasteiger partial charge >= 0.3 is 5.97 Å². The molecule has 0 radical (unpaired) electrons. The summed E-state index contributed by atoms with van der Waals surface area (Å²) in [5, 5.41) is 10.0. The van der Waals surface area contributed by atoms with E-state index in [0.717, 1.165) is 16.8 Å². The number of rotatable bonds is 5. The zero-order valence-corrected chi connectivity index (χ0v) is 12.0.